The van der Waals surface area contributed by atoms with Crippen LogP contribution in [0.3, 0.4) is 0 Å². The Morgan fingerprint density at radius 3 is 2.53 bits per heavy atom. The molecule has 0 atom stereocenters. The number of carbonyl (C=O) groups excluding carboxylic acids is 1. The molecule has 1 aliphatic heterocycles. The molecule has 4 aromatic rings. The highest BCUT2D eigenvalue weighted by atomic mass is 16.5. The first-order chi connectivity index (χ1) is 17.5. The molecule has 3 aromatic carbocycles. The Morgan fingerprint density at radius 1 is 1.03 bits per heavy atom. The fourth-order valence-corrected chi connectivity index (χ4v) is 4.52. The van der Waals surface area contributed by atoms with Gasteiger partial charge in [-0.25, -0.2) is 9.36 Å². The van der Waals surface area contributed by atoms with Crippen LogP contribution < -0.4 is 20.3 Å². The van der Waals surface area contributed by atoms with E-state index >= 15 is 0 Å². The van der Waals surface area contributed by atoms with Gasteiger partial charge in [0.25, 0.3) is 5.56 Å². The Labute approximate surface area is 209 Å². The van der Waals surface area contributed by atoms with E-state index in [1.165, 1.54) is 4.68 Å². The summed E-state index contributed by atoms with van der Waals surface area (Å²) in [5.74, 6) is 1.30. The van der Waals surface area contributed by atoms with Crippen molar-refractivity contribution in [3.63, 3.8) is 0 Å². The first-order valence-corrected chi connectivity index (χ1v) is 12.2. The molecule has 36 heavy (non-hydrogen) atoms. The smallest absolute Gasteiger partial charge is 0.278 e. The molecule has 0 fully saturated rings. The first kappa shape index (κ1) is 23.5. The van der Waals surface area contributed by atoms with Crippen LogP contribution in [0.5, 0.6) is 17.4 Å². The summed E-state index contributed by atoms with van der Waals surface area (Å²) >= 11 is 0. The number of nitrogens with one attached hydrogen (secondary N) is 1. The van der Waals surface area contributed by atoms with E-state index in [9.17, 15) is 9.59 Å². The van der Waals surface area contributed by atoms with Crippen LogP contribution in [0, 0.1) is 6.92 Å². The molecule has 1 N–H and O–H groups in total. The molecule has 0 radical (unpaired) electrons. The third kappa shape index (κ3) is 4.28. The van der Waals surface area contributed by atoms with Crippen molar-refractivity contribution in [2.75, 3.05) is 11.9 Å². The monoisotopic (exact) mass is 483 g/mol. The Bertz CT molecular complexity index is 1480. The van der Waals surface area contributed by atoms with Crippen molar-refractivity contribution in [1.29, 1.82) is 0 Å². The van der Waals surface area contributed by atoms with E-state index in [1.54, 1.807) is 4.68 Å². The number of ether oxygens (including phenoxy) is 2. The van der Waals surface area contributed by atoms with Gasteiger partial charge in [-0.15, -0.1) is 0 Å². The molecule has 0 bridgehead atoms. The molecule has 1 aliphatic rings. The first-order valence-electron chi connectivity index (χ1n) is 12.2. The predicted molar refractivity (Wildman–Crippen MR) is 140 cm³/mol. The van der Waals surface area contributed by atoms with Gasteiger partial charge in [0.05, 0.1) is 17.9 Å². The summed E-state index contributed by atoms with van der Waals surface area (Å²) in [5, 5.41) is 2.97. The van der Waals surface area contributed by atoms with Crippen LogP contribution in [0.1, 0.15) is 36.1 Å². The van der Waals surface area contributed by atoms with Crippen LogP contribution in [-0.2, 0) is 24.2 Å². The summed E-state index contributed by atoms with van der Waals surface area (Å²) in [6, 6.07) is 21.1. The zero-order chi connectivity index (χ0) is 25.2. The maximum Gasteiger partial charge on any atom is 0.278 e. The van der Waals surface area contributed by atoms with Gasteiger partial charge in [-0.05, 0) is 55.7 Å². The van der Waals surface area contributed by atoms with Crippen molar-refractivity contribution < 1.29 is 14.3 Å². The molecule has 2 heterocycles. The van der Waals surface area contributed by atoms with E-state index in [1.807, 2.05) is 80.6 Å². The molecule has 1 aromatic heterocycles. The second kappa shape index (κ2) is 9.77. The van der Waals surface area contributed by atoms with Crippen LogP contribution in [0.2, 0.25) is 0 Å². The molecule has 5 rings (SSSR count). The van der Waals surface area contributed by atoms with Crippen LogP contribution in [0.25, 0.3) is 5.69 Å². The molecule has 1 amide bonds. The minimum absolute atomic E-state index is 0.0967. The second-order valence-corrected chi connectivity index (χ2v) is 8.80. The van der Waals surface area contributed by atoms with E-state index in [-0.39, 0.29) is 18.0 Å². The summed E-state index contributed by atoms with van der Waals surface area (Å²) in [7, 11) is 0. The van der Waals surface area contributed by atoms with Gasteiger partial charge in [0.1, 0.15) is 6.54 Å². The molecule has 0 spiro atoms. The van der Waals surface area contributed by atoms with Gasteiger partial charge in [-0.2, -0.15) is 0 Å². The summed E-state index contributed by atoms with van der Waals surface area (Å²) in [6.07, 6.45) is 1.29. The largest absolute Gasteiger partial charge is 0.490 e. The number of hydrogen-bond donors (Lipinski definition) is 1. The van der Waals surface area contributed by atoms with E-state index in [4.69, 9.17) is 9.47 Å². The molecular formula is C29H29N3O4. The molecule has 0 aliphatic carbocycles. The maximum absolute atomic E-state index is 13.7. The minimum Gasteiger partial charge on any atom is -0.490 e. The van der Waals surface area contributed by atoms with Gasteiger partial charge in [-0.1, -0.05) is 49.4 Å². The second-order valence-electron chi connectivity index (χ2n) is 8.80. The molecule has 0 saturated heterocycles. The number of aryl methyl sites for hydroxylation is 2. The van der Waals surface area contributed by atoms with Crippen LogP contribution in [0.15, 0.2) is 71.5 Å². The number of aromatic nitrogens is 2. The van der Waals surface area contributed by atoms with E-state index in [0.29, 0.717) is 41.7 Å². The molecule has 184 valence electrons. The summed E-state index contributed by atoms with van der Waals surface area (Å²) in [4.78, 5) is 26.9. The van der Waals surface area contributed by atoms with Crippen molar-refractivity contribution in [3.05, 3.63) is 99.3 Å². The Kier molecular flexibility index (Phi) is 6.38. The minimum atomic E-state index is -0.256. The van der Waals surface area contributed by atoms with Crippen molar-refractivity contribution in [2.24, 2.45) is 0 Å². The lowest BCUT2D eigenvalue weighted by molar-refractivity contribution is -0.117. The van der Waals surface area contributed by atoms with Gasteiger partial charge >= 0.3 is 0 Å². The highest BCUT2D eigenvalue weighted by Crippen LogP contribution is 2.42. The van der Waals surface area contributed by atoms with E-state index < -0.39 is 0 Å². The van der Waals surface area contributed by atoms with Crippen molar-refractivity contribution in [3.8, 4) is 23.1 Å². The maximum atomic E-state index is 13.7. The molecule has 7 nitrogen and oxygen atoms in total. The van der Waals surface area contributed by atoms with Crippen LogP contribution in [0.4, 0.5) is 5.69 Å². The Hall–Kier alpha value is -4.26. The SMILES string of the molecule is CCOc1cccc2c1Oc1c(c(=O)n(-c3ccc(CC)cc3)n1CC(=O)Nc1ccccc1C)C2. The summed E-state index contributed by atoms with van der Waals surface area (Å²) in [5.41, 5.74) is 4.71. The zero-order valence-electron chi connectivity index (χ0n) is 20.7. The van der Waals surface area contributed by atoms with E-state index in [2.05, 4.69) is 12.2 Å². The number of fused-ring (bicyclic) bond motifs is 2. The lowest BCUT2D eigenvalue weighted by atomic mass is 10.0. The van der Waals surface area contributed by atoms with Crippen molar-refractivity contribution in [2.45, 2.75) is 40.2 Å². The van der Waals surface area contributed by atoms with Crippen LogP contribution in [-0.4, -0.2) is 21.9 Å². The number of carbonyl (C=O) groups is 1. The lowest BCUT2D eigenvalue weighted by Crippen LogP contribution is -2.27. The number of rotatable bonds is 7. The van der Waals surface area contributed by atoms with Gasteiger partial charge in [0, 0.05) is 17.7 Å². The summed E-state index contributed by atoms with van der Waals surface area (Å²) in [6.45, 7) is 6.33. The van der Waals surface area contributed by atoms with E-state index in [0.717, 1.165) is 28.8 Å². The van der Waals surface area contributed by atoms with Gasteiger partial charge < -0.3 is 14.8 Å². The quantitative estimate of drug-likeness (QED) is 0.343. The van der Waals surface area contributed by atoms with Crippen molar-refractivity contribution in [1.82, 2.24) is 9.36 Å². The predicted octanol–water partition coefficient (Wildman–Crippen LogP) is 5.24. The lowest BCUT2D eigenvalue weighted by Gasteiger charge is -2.21. The molecule has 7 heteroatoms. The molecule has 0 saturated carbocycles. The van der Waals surface area contributed by atoms with Gasteiger partial charge in [-0.3, -0.25) is 9.59 Å². The fraction of sp³-hybridized carbons (Fsp3) is 0.241. The van der Waals surface area contributed by atoms with Crippen molar-refractivity contribution >= 4 is 11.6 Å². The number of hydrogen-bond acceptors (Lipinski definition) is 4. The molecular weight excluding hydrogens is 454 g/mol. The highest BCUT2D eigenvalue weighted by Gasteiger charge is 2.31. The van der Waals surface area contributed by atoms with Gasteiger partial charge in [0.15, 0.2) is 11.5 Å². The topological polar surface area (TPSA) is 74.5 Å². The number of amides is 1. The average molecular weight is 484 g/mol. The third-order valence-electron chi connectivity index (χ3n) is 6.41. The zero-order valence-corrected chi connectivity index (χ0v) is 20.7. The van der Waals surface area contributed by atoms with Gasteiger partial charge in [0.2, 0.25) is 11.8 Å². The number of para-hydroxylation sites is 2. The standard InChI is InChI=1S/C29H29N3O4/c1-4-20-13-15-22(16-14-20)32-28(34)23-17-21-10-8-12-25(35-5-2)27(21)36-29(23)31(32)18-26(33)30-24-11-7-6-9-19(24)3/h6-16H,4-5,17-18H2,1-3H3,(H,30,33). The van der Waals surface area contributed by atoms with Crippen LogP contribution >= 0.6 is 0 Å². The highest BCUT2D eigenvalue weighted by molar-refractivity contribution is 5.91. The number of benzene rings is 3. The Balaban J connectivity index is 1.60. The fourth-order valence-electron chi connectivity index (χ4n) is 4.52. The average Bonchev–Trinajstić information content (AvgIpc) is 3.15. The Morgan fingerprint density at radius 2 is 1.81 bits per heavy atom. The molecule has 0 unspecified atom stereocenters. The normalized spacial score (nSPS) is 11.9. The number of anilines is 1. The third-order valence-corrected chi connectivity index (χ3v) is 6.41. The summed E-state index contributed by atoms with van der Waals surface area (Å²) < 4.78 is 15.3. The number of nitrogens with zero attached hydrogens (tertiary/aromatic N) is 2.